The number of nitrogens with zero attached hydrogens (tertiary/aromatic N) is 4. The van der Waals surface area contributed by atoms with E-state index in [1.165, 1.54) is 26.2 Å². The van der Waals surface area contributed by atoms with Gasteiger partial charge in [0.1, 0.15) is 12.1 Å². The molecule has 1 fully saturated rings. The van der Waals surface area contributed by atoms with E-state index in [1.54, 1.807) is 19.4 Å². The van der Waals surface area contributed by atoms with Crippen LogP contribution in [-0.2, 0) is 25.5 Å². The van der Waals surface area contributed by atoms with E-state index in [1.807, 2.05) is 55.3 Å². The standard InChI is InChI=1S/C36H40N6O6S/c1-18-12-21-13-24-26(15-37)42-25(30(41(24)4)28(21)32(44)34(18)47-5)14-23-29(33(45)35(48-6)19(2)31(23)43)27(42)16-38-36(46)20(3)39-17-49-40-22-10-8-7-9-11-22/h7-12,17,20,24-27,30,40,44H,13-14,16H2,1-6H3,(H,38,46)/b39-17+/t20?,24-,25?,26+,27+,30-/m1/s1. The van der Waals surface area contributed by atoms with Gasteiger partial charge in [-0.15, -0.1) is 0 Å². The average molecular weight is 685 g/mol. The summed E-state index contributed by atoms with van der Waals surface area (Å²) in [5.74, 6) is -0.738. The smallest absolute Gasteiger partial charge is 0.244 e. The van der Waals surface area contributed by atoms with Crippen LogP contribution in [0.3, 0.4) is 0 Å². The van der Waals surface area contributed by atoms with E-state index in [-0.39, 0.29) is 53.4 Å². The highest BCUT2D eigenvalue weighted by molar-refractivity contribution is 8.13. The van der Waals surface area contributed by atoms with E-state index in [2.05, 4.69) is 26.0 Å². The third-order valence-corrected chi connectivity index (χ3v) is 10.8. The minimum absolute atomic E-state index is 0.0305. The van der Waals surface area contributed by atoms with Gasteiger partial charge in [0.05, 0.1) is 37.9 Å². The highest BCUT2D eigenvalue weighted by Crippen LogP contribution is 2.53. The fourth-order valence-corrected chi connectivity index (χ4v) is 8.51. The number of amides is 1. The maximum Gasteiger partial charge on any atom is 0.244 e. The Labute approximate surface area is 290 Å². The van der Waals surface area contributed by atoms with Gasteiger partial charge in [-0.25, -0.2) is 0 Å². The topological polar surface area (TPSA) is 157 Å². The molecule has 0 spiro atoms. The molecule has 3 aliphatic heterocycles. The van der Waals surface area contributed by atoms with E-state index < -0.39 is 36.0 Å². The van der Waals surface area contributed by atoms with Crippen molar-refractivity contribution in [2.24, 2.45) is 4.99 Å². The van der Waals surface area contributed by atoms with Gasteiger partial charge >= 0.3 is 0 Å². The fraction of sp³-hybridized carbons (Fsp3) is 0.417. The van der Waals surface area contributed by atoms with Crippen molar-refractivity contribution >= 4 is 40.7 Å². The number of phenols is 1. The van der Waals surface area contributed by atoms with Crippen molar-refractivity contribution in [2.45, 2.75) is 69.9 Å². The number of aliphatic imine (C=N–C) groups is 1. The number of para-hydroxylation sites is 1. The molecule has 2 aromatic rings. The molecule has 1 aliphatic carbocycles. The number of carbonyl (C=O) groups excluding carboxylic acids is 3. The van der Waals surface area contributed by atoms with Gasteiger partial charge in [0, 0.05) is 46.6 Å². The van der Waals surface area contributed by atoms with Gasteiger partial charge in [0.15, 0.2) is 23.0 Å². The first kappa shape index (κ1) is 34.2. The number of benzene rings is 2. The molecule has 2 unspecified atom stereocenters. The Hall–Kier alpha value is -4.64. The Morgan fingerprint density at radius 2 is 1.90 bits per heavy atom. The van der Waals surface area contributed by atoms with Crippen LogP contribution >= 0.6 is 11.9 Å². The highest BCUT2D eigenvalue weighted by Gasteiger charge is 2.57. The summed E-state index contributed by atoms with van der Waals surface area (Å²) in [6, 6.07) is 10.6. The normalized spacial score (nSPS) is 25.7. The second-order valence-corrected chi connectivity index (χ2v) is 13.5. The molecule has 1 saturated heterocycles. The number of methoxy groups -OCH3 is 2. The van der Waals surface area contributed by atoms with Crippen molar-refractivity contribution in [1.29, 1.82) is 5.26 Å². The van der Waals surface area contributed by atoms with E-state index in [4.69, 9.17) is 9.47 Å². The maximum absolute atomic E-state index is 14.1. The molecule has 256 valence electrons. The predicted molar refractivity (Wildman–Crippen MR) is 186 cm³/mol. The van der Waals surface area contributed by atoms with Crippen molar-refractivity contribution < 1.29 is 29.0 Å². The number of nitrogens with one attached hydrogen (secondary N) is 2. The van der Waals surface area contributed by atoms with Crippen LogP contribution in [0.5, 0.6) is 11.5 Å². The lowest BCUT2D eigenvalue weighted by molar-refractivity contribution is -0.125. The summed E-state index contributed by atoms with van der Waals surface area (Å²) in [4.78, 5) is 49.8. The van der Waals surface area contributed by atoms with E-state index in [0.29, 0.717) is 23.3 Å². The molecule has 3 heterocycles. The van der Waals surface area contributed by atoms with E-state index in [0.717, 1.165) is 16.8 Å². The molecule has 13 heteroatoms. The molecule has 2 bridgehead atoms. The maximum atomic E-state index is 14.1. The first-order valence-electron chi connectivity index (χ1n) is 16.2. The number of ketones is 2. The number of Topliss-reactive ketones (excluding diaryl/α,β-unsaturated/α-hetero) is 2. The molecule has 1 amide bonds. The van der Waals surface area contributed by atoms with Crippen molar-refractivity contribution in [1.82, 2.24) is 15.1 Å². The average Bonchev–Trinajstić information content (AvgIpc) is 3.09. The second kappa shape index (κ2) is 13.7. The molecule has 6 atom stereocenters. The van der Waals surface area contributed by atoms with E-state index in [9.17, 15) is 24.8 Å². The second-order valence-electron chi connectivity index (χ2n) is 12.8. The lowest BCUT2D eigenvalue weighted by Gasteiger charge is -2.60. The van der Waals surface area contributed by atoms with Gasteiger partial charge in [0.2, 0.25) is 11.7 Å². The summed E-state index contributed by atoms with van der Waals surface area (Å²) in [5, 5.41) is 25.3. The van der Waals surface area contributed by atoms with Gasteiger partial charge in [-0.05, 0) is 75.9 Å². The molecule has 0 radical (unpaired) electrons. The first-order valence-corrected chi connectivity index (χ1v) is 17.0. The summed E-state index contributed by atoms with van der Waals surface area (Å²) in [6.07, 6.45) is 0.642. The molecule has 12 nitrogen and oxygen atoms in total. The zero-order valence-electron chi connectivity index (χ0n) is 28.3. The summed E-state index contributed by atoms with van der Waals surface area (Å²) >= 11 is 1.23. The summed E-state index contributed by atoms with van der Waals surface area (Å²) in [5.41, 5.74) is 5.63. The van der Waals surface area contributed by atoms with Crippen molar-refractivity contribution in [3.63, 3.8) is 0 Å². The van der Waals surface area contributed by atoms with Crippen LogP contribution in [0, 0.1) is 18.3 Å². The Kier molecular flexibility index (Phi) is 9.57. The zero-order chi connectivity index (χ0) is 35.1. The predicted octanol–water partition coefficient (Wildman–Crippen LogP) is 3.62. The van der Waals surface area contributed by atoms with Crippen LogP contribution in [0.2, 0.25) is 0 Å². The number of aryl methyl sites for hydroxylation is 1. The highest BCUT2D eigenvalue weighted by atomic mass is 32.2. The number of anilines is 1. The molecular formula is C36H40N6O6S. The molecule has 3 N–H and O–H groups in total. The number of ether oxygens (including phenoxy) is 2. The van der Waals surface area contributed by atoms with Crippen LogP contribution in [0.4, 0.5) is 5.69 Å². The van der Waals surface area contributed by atoms with Gasteiger partial charge < -0.3 is 24.6 Å². The molecule has 4 aliphatic rings. The third-order valence-electron chi connectivity index (χ3n) is 10.2. The van der Waals surface area contributed by atoms with Crippen LogP contribution < -0.4 is 14.8 Å². The Balaban J connectivity index is 1.36. The molecule has 49 heavy (non-hydrogen) atoms. The number of phenolic OH excluding ortho intramolecular Hbond substituents is 1. The summed E-state index contributed by atoms with van der Waals surface area (Å²) in [6.45, 7) is 5.07. The van der Waals surface area contributed by atoms with E-state index >= 15 is 0 Å². The van der Waals surface area contributed by atoms with Crippen LogP contribution in [0.1, 0.15) is 43.0 Å². The van der Waals surface area contributed by atoms with Crippen molar-refractivity contribution in [2.75, 3.05) is 32.5 Å². The first-order chi connectivity index (χ1) is 23.5. The number of hydrogen-bond acceptors (Lipinski definition) is 12. The van der Waals surface area contributed by atoms with Gasteiger partial charge in [0.25, 0.3) is 0 Å². The molecule has 0 saturated carbocycles. The lowest BCUT2D eigenvalue weighted by atomic mass is 9.69. The fourth-order valence-electron chi connectivity index (χ4n) is 7.95. The molecule has 0 aromatic heterocycles. The van der Waals surface area contributed by atoms with Crippen molar-refractivity contribution in [3.8, 4) is 17.6 Å². The number of likely N-dealkylation sites (N-methyl/N-ethyl adjacent to an activating group) is 1. The molecule has 2 aromatic carbocycles. The number of rotatable bonds is 9. The van der Waals surface area contributed by atoms with Crippen LogP contribution in [0.15, 0.2) is 63.9 Å². The Morgan fingerprint density at radius 3 is 2.57 bits per heavy atom. The number of hydrogen-bond donors (Lipinski definition) is 3. The van der Waals surface area contributed by atoms with Gasteiger partial charge in [-0.3, -0.25) is 29.2 Å². The SMILES string of the molecule is COC1=C(C)C(=O)C2=C(C1=O)[C@H](CNC(=O)C(C)/N=C/SNc1ccccc1)N1C(C2)[C@@H]2c3c(cc(C)c(OC)c3O)C[C@H]([C@@H]1C#N)N2C. The number of fused-ring (bicyclic) bond motifs is 6. The number of carbonyl (C=O) groups is 3. The number of nitriles is 1. The minimum Gasteiger partial charge on any atom is -0.504 e. The quantitative estimate of drug-likeness (QED) is 0.154. The Bertz CT molecular complexity index is 1830. The minimum atomic E-state index is -0.822. The summed E-state index contributed by atoms with van der Waals surface area (Å²) < 4.78 is 14.2. The lowest BCUT2D eigenvalue weighted by Crippen LogP contribution is -2.71. The van der Waals surface area contributed by atoms with Crippen molar-refractivity contribution in [3.05, 3.63) is 75.6 Å². The summed E-state index contributed by atoms with van der Waals surface area (Å²) in [7, 11) is 4.80. The van der Waals surface area contributed by atoms with Gasteiger partial charge in [-0.1, -0.05) is 24.3 Å². The van der Waals surface area contributed by atoms with Gasteiger partial charge in [-0.2, -0.15) is 5.26 Å². The third kappa shape index (κ3) is 5.77. The zero-order valence-corrected chi connectivity index (χ0v) is 29.1. The number of aromatic hydroxyl groups is 1. The monoisotopic (exact) mass is 684 g/mol. The molecule has 6 rings (SSSR count). The molecular weight excluding hydrogens is 644 g/mol. The Morgan fingerprint density at radius 1 is 1.16 bits per heavy atom. The number of allylic oxidation sites excluding steroid dienone is 2. The number of piperazine rings is 1. The van der Waals surface area contributed by atoms with Crippen LogP contribution in [0.25, 0.3) is 0 Å². The van der Waals surface area contributed by atoms with Crippen LogP contribution in [-0.4, -0.2) is 95.9 Å². The largest absolute Gasteiger partial charge is 0.504 e.